The van der Waals surface area contributed by atoms with Gasteiger partial charge in [0.05, 0.1) is 6.61 Å². The zero-order chi connectivity index (χ0) is 20.0. The number of halogens is 3. The fourth-order valence-corrected chi connectivity index (χ4v) is 3.79. The van der Waals surface area contributed by atoms with Crippen molar-refractivity contribution < 1.29 is 27.8 Å². The van der Waals surface area contributed by atoms with Gasteiger partial charge in [0.25, 0.3) is 0 Å². The van der Waals surface area contributed by atoms with E-state index in [0.29, 0.717) is 31.9 Å². The first-order chi connectivity index (χ1) is 12.4. The number of carbonyl (C=O) groups excluding carboxylic acids is 1. The minimum absolute atomic E-state index is 0.148. The molecule has 27 heavy (non-hydrogen) atoms. The molecule has 0 radical (unpaired) electrons. The number of rotatable bonds is 2. The Morgan fingerprint density at radius 2 is 1.96 bits per heavy atom. The molecule has 0 unspecified atom stereocenters. The lowest BCUT2D eigenvalue weighted by molar-refractivity contribution is -0.142. The molecule has 1 amide bonds. The number of pyridine rings is 1. The van der Waals surface area contributed by atoms with Gasteiger partial charge in [0.15, 0.2) is 5.69 Å². The third-order valence-corrected chi connectivity index (χ3v) is 4.94. The summed E-state index contributed by atoms with van der Waals surface area (Å²) in [5, 5.41) is 9.47. The zero-order valence-corrected chi connectivity index (χ0v) is 15.6. The average Bonchev–Trinajstić information content (AvgIpc) is 2.96. The number of aliphatic hydroxyl groups is 1. The molecular weight excluding hydrogens is 363 g/mol. The van der Waals surface area contributed by atoms with Gasteiger partial charge in [-0.3, -0.25) is 4.98 Å². The number of nitrogens with zero attached hydrogens (tertiary/aromatic N) is 3. The summed E-state index contributed by atoms with van der Waals surface area (Å²) >= 11 is 0. The van der Waals surface area contributed by atoms with E-state index in [2.05, 4.69) is 4.98 Å². The van der Waals surface area contributed by atoms with E-state index in [0.717, 1.165) is 12.6 Å². The number of amides is 1. The van der Waals surface area contributed by atoms with Gasteiger partial charge < -0.3 is 19.6 Å². The summed E-state index contributed by atoms with van der Waals surface area (Å²) in [4.78, 5) is 19.1. The van der Waals surface area contributed by atoms with Crippen LogP contribution in [0, 0.1) is 5.41 Å². The van der Waals surface area contributed by atoms with Gasteiger partial charge >= 0.3 is 12.3 Å². The van der Waals surface area contributed by atoms with Crippen molar-refractivity contribution in [3.05, 3.63) is 23.5 Å². The molecule has 1 N–H and O–H groups in total. The Hall–Kier alpha value is -2.03. The predicted octanol–water partition coefficient (Wildman–Crippen LogP) is 3.04. The highest BCUT2D eigenvalue weighted by Gasteiger charge is 2.50. The van der Waals surface area contributed by atoms with Crippen molar-refractivity contribution in [2.24, 2.45) is 5.41 Å². The predicted molar refractivity (Wildman–Crippen MR) is 92.2 cm³/mol. The molecule has 3 heterocycles. The van der Waals surface area contributed by atoms with Crippen LogP contribution in [-0.2, 0) is 17.5 Å². The maximum absolute atomic E-state index is 13.1. The van der Waals surface area contributed by atoms with Crippen molar-refractivity contribution in [1.82, 2.24) is 9.88 Å². The largest absolute Gasteiger partial charge is 0.444 e. The molecule has 0 aliphatic carbocycles. The molecule has 0 bridgehead atoms. The van der Waals surface area contributed by atoms with Crippen molar-refractivity contribution in [1.29, 1.82) is 0 Å². The van der Waals surface area contributed by atoms with E-state index in [1.165, 1.54) is 6.07 Å². The van der Waals surface area contributed by atoms with Crippen molar-refractivity contribution >= 4 is 11.8 Å². The molecule has 150 valence electrons. The molecule has 2 aliphatic rings. The number of aliphatic hydroxyl groups excluding tert-OH is 1. The molecule has 6 nitrogen and oxygen atoms in total. The van der Waals surface area contributed by atoms with E-state index >= 15 is 0 Å². The third-order valence-electron chi connectivity index (χ3n) is 4.94. The normalized spacial score (nSPS) is 19.4. The molecule has 1 aromatic heterocycles. The maximum Gasteiger partial charge on any atom is 0.433 e. The van der Waals surface area contributed by atoms with Crippen LogP contribution in [-0.4, -0.2) is 52.9 Å². The number of carbonyl (C=O) groups is 1. The van der Waals surface area contributed by atoms with Crippen molar-refractivity contribution in [3.8, 4) is 0 Å². The first-order valence-electron chi connectivity index (χ1n) is 8.83. The van der Waals surface area contributed by atoms with Crippen molar-refractivity contribution in [2.45, 2.75) is 45.6 Å². The molecule has 0 atom stereocenters. The summed E-state index contributed by atoms with van der Waals surface area (Å²) in [7, 11) is 0. The number of aromatic nitrogens is 1. The number of hydrogen-bond donors (Lipinski definition) is 1. The van der Waals surface area contributed by atoms with Crippen LogP contribution in [0.25, 0.3) is 0 Å². The molecule has 1 spiro atoms. The standard InChI is InChI=1S/C18H24F3N3O3/c1-16(2,3)27-15(26)23-7-5-17(9-23)10-24(11-17)13-4-6-22-14(12(13)8-25)18(19,20)21/h4,6,25H,5,7-11H2,1-3H3. The SMILES string of the molecule is CC(C)(C)OC(=O)N1CCC2(C1)CN(c1ccnc(C(F)(F)F)c1CO)C2. The summed E-state index contributed by atoms with van der Waals surface area (Å²) in [6.45, 7) is 6.83. The van der Waals surface area contributed by atoms with Gasteiger partial charge in [0.1, 0.15) is 5.60 Å². The number of likely N-dealkylation sites (tertiary alicyclic amines) is 1. The minimum atomic E-state index is -4.61. The minimum Gasteiger partial charge on any atom is -0.444 e. The Morgan fingerprint density at radius 1 is 1.30 bits per heavy atom. The lowest BCUT2D eigenvalue weighted by atomic mass is 9.78. The van der Waals surface area contributed by atoms with E-state index in [4.69, 9.17) is 4.74 Å². The number of ether oxygens (including phenoxy) is 1. The van der Waals surface area contributed by atoms with Gasteiger partial charge in [-0.15, -0.1) is 0 Å². The topological polar surface area (TPSA) is 65.9 Å². The highest BCUT2D eigenvalue weighted by molar-refractivity contribution is 5.69. The highest BCUT2D eigenvalue weighted by atomic mass is 19.4. The fraction of sp³-hybridized carbons (Fsp3) is 0.667. The summed E-state index contributed by atoms with van der Waals surface area (Å²) in [6, 6.07) is 1.49. The van der Waals surface area contributed by atoms with E-state index in [9.17, 15) is 23.1 Å². The summed E-state index contributed by atoms with van der Waals surface area (Å²) < 4.78 is 44.8. The van der Waals surface area contributed by atoms with Crippen LogP contribution in [0.1, 0.15) is 38.4 Å². The quantitative estimate of drug-likeness (QED) is 0.845. The van der Waals surface area contributed by atoms with Gasteiger partial charge in [0, 0.05) is 49.0 Å². The molecule has 2 aliphatic heterocycles. The summed E-state index contributed by atoms with van der Waals surface area (Å²) in [6.07, 6.45) is -3.09. The van der Waals surface area contributed by atoms with Crippen LogP contribution >= 0.6 is 0 Å². The van der Waals surface area contributed by atoms with E-state index in [1.54, 1.807) is 30.6 Å². The second-order valence-electron chi connectivity index (χ2n) is 8.32. The van der Waals surface area contributed by atoms with Gasteiger partial charge in [-0.1, -0.05) is 0 Å². The summed E-state index contributed by atoms with van der Waals surface area (Å²) in [5.74, 6) is 0. The summed E-state index contributed by atoms with van der Waals surface area (Å²) in [5.41, 5.74) is -1.63. The Labute approximate surface area is 155 Å². The first kappa shape index (κ1) is 19.7. The van der Waals surface area contributed by atoms with Crippen molar-refractivity contribution in [3.63, 3.8) is 0 Å². The number of alkyl halides is 3. The van der Waals surface area contributed by atoms with E-state index in [-0.39, 0.29) is 17.1 Å². The molecule has 3 rings (SSSR count). The highest BCUT2D eigenvalue weighted by Crippen LogP contribution is 2.44. The molecule has 0 aromatic carbocycles. The lowest BCUT2D eigenvalue weighted by Gasteiger charge is -2.50. The average molecular weight is 387 g/mol. The number of anilines is 1. The third kappa shape index (κ3) is 3.97. The lowest BCUT2D eigenvalue weighted by Crippen LogP contribution is -2.58. The molecule has 2 saturated heterocycles. The maximum atomic E-state index is 13.1. The first-order valence-corrected chi connectivity index (χ1v) is 8.83. The fourth-order valence-electron chi connectivity index (χ4n) is 3.79. The van der Waals surface area contributed by atoms with Crippen LogP contribution in [0.3, 0.4) is 0 Å². The second kappa shape index (κ2) is 6.54. The Kier molecular flexibility index (Phi) is 4.78. The molecule has 2 fully saturated rings. The van der Waals surface area contributed by atoms with E-state index in [1.807, 2.05) is 0 Å². The number of hydrogen-bond acceptors (Lipinski definition) is 5. The van der Waals surface area contributed by atoms with Crippen LogP contribution in [0.15, 0.2) is 12.3 Å². The van der Waals surface area contributed by atoms with Crippen LogP contribution in [0.5, 0.6) is 0 Å². The molecular formula is C18H24F3N3O3. The Morgan fingerprint density at radius 3 is 2.52 bits per heavy atom. The van der Waals surface area contributed by atoms with Gasteiger partial charge in [-0.25, -0.2) is 4.79 Å². The van der Waals surface area contributed by atoms with Crippen LogP contribution in [0.2, 0.25) is 0 Å². The molecule has 9 heteroatoms. The smallest absolute Gasteiger partial charge is 0.433 e. The van der Waals surface area contributed by atoms with Gasteiger partial charge in [0.2, 0.25) is 0 Å². The second-order valence-corrected chi connectivity index (χ2v) is 8.32. The van der Waals surface area contributed by atoms with Crippen LogP contribution < -0.4 is 4.90 Å². The van der Waals surface area contributed by atoms with Crippen LogP contribution in [0.4, 0.5) is 23.7 Å². The van der Waals surface area contributed by atoms with Gasteiger partial charge in [-0.05, 0) is 33.3 Å². The molecule has 1 aromatic rings. The monoisotopic (exact) mass is 387 g/mol. The van der Waals surface area contributed by atoms with Crippen molar-refractivity contribution in [2.75, 3.05) is 31.1 Å². The van der Waals surface area contributed by atoms with E-state index < -0.39 is 24.1 Å². The van der Waals surface area contributed by atoms with Gasteiger partial charge in [-0.2, -0.15) is 13.2 Å². The Bertz CT molecular complexity index is 725. The molecule has 0 saturated carbocycles. The Balaban J connectivity index is 1.69. The zero-order valence-electron chi connectivity index (χ0n) is 15.6.